The van der Waals surface area contributed by atoms with Gasteiger partial charge in [0.1, 0.15) is 5.82 Å². The quantitative estimate of drug-likeness (QED) is 0.758. The predicted octanol–water partition coefficient (Wildman–Crippen LogP) is 3.43. The van der Waals surface area contributed by atoms with Crippen LogP contribution in [0.1, 0.15) is 24.7 Å². The number of hydrogen-bond acceptors (Lipinski definition) is 3. The Kier molecular flexibility index (Phi) is 6.33. The van der Waals surface area contributed by atoms with Gasteiger partial charge in [-0.1, -0.05) is 25.1 Å². The first-order chi connectivity index (χ1) is 10.2. The minimum atomic E-state index is 0.524. The lowest BCUT2D eigenvalue weighted by molar-refractivity contribution is 0.526. The fourth-order valence-corrected chi connectivity index (χ4v) is 3.52. The third-order valence-electron chi connectivity index (χ3n) is 3.66. The Morgan fingerprint density at radius 1 is 1.33 bits per heavy atom. The number of imidazole rings is 1. The molecule has 0 aliphatic rings. The smallest absolute Gasteiger partial charge is 0.108 e. The lowest BCUT2D eigenvalue weighted by Crippen LogP contribution is -2.31. The Morgan fingerprint density at radius 2 is 2.14 bits per heavy atom. The molecule has 0 bridgehead atoms. The van der Waals surface area contributed by atoms with Gasteiger partial charge in [0.15, 0.2) is 0 Å². The van der Waals surface area contributed by atoms with Gasteiger partial charge in [-0.25, -0.2) is 4.98 Å². The summed E-state index contributed by atoms with van der Waals surface area (Å²) in [4.78, 5) is 5.80. The molecule has 0 fully saturated rings. The van der Waals surface area contributed by atoms with Gasteiger partial charge in [0, 0.05) is 42.6 Å². The number of nitrogens with zero attached hydrogens (tertiary/aromatic N) is 2. The van der Waals surface area contributed by atoms with Crippen LogP contribution < -0.4 is 5.32 Å². The van der Waals surface area contributed by atoms with Crippen molar-refractivity contribution in [1.29, 1.82) is 0 Å². The minimum Gasteiger partial charge on any atom is -0.338 e. The molecular formula is C17H25N3S. The van der Waals surface area contributed by atoms with Gasteiger partial charge in [-0.2, -0.15) is 0 Å². The van der Waals surface area contributed by atoms with Crippen LogP contribution in [0.2, 0.25) is 0 Å². The highest BCUT2D eigenvalue weighted by Crippen LogP contribution is 2.23. The Balaban J connectivity index is 1.87. The van der Waals surface area contributed by atoms with Crippen LogP contribution in [0.5, 0.6) is 0 Å². The SMILES string of the molecule is CCNC(CCc1nccn1C)CSc1ccccc1C. The summed E-state index contributed by atoms with van der Waals surface area (Å²) in [5.74, 6) is 2.27. The number of benzene rings is 1. The molecule has 0 radical (unpaired) electrons. The summed E-state index contributed by atoms with van der Waals surface area (Å²) >= 11 is 1.95. The average molecular weight is 303 g/mol. The molecule has 114 valence electrons. The molecule has 1 atom stereocenters. The second-order valence-electron chi connectivity index (χ2n) is 5.32. The number of nitrogens with one attached hydrogen (secondary N) is 1. The summed E-state index contributed by atoms with van der Waals surface area (Å²) in [6, 6.07) is 9.13. The molecule has 1 N–H and O–H groups in total. The molecule has 2 aromatic rings. The molecule has 0 aliphatic heterocycles. The third kappa shape index (κ3) is 4.90. The van der Waals surface area contributed by atoms with Crippen LogP contribution >= 0.6 is 11.8 Å². The van der Waals surface area contributed by atoms with E-state index in [4.69, 9.17) is 0 Å². The van der Waals surface area contributed by atoms with E-state index < -0.39 is 0 Å². The molecule has 0 amide bonds. The van der Waals surface area contributed by atoms with Crippen molar-refractivity contribution < 1.29 is 0 Å². The highest BCUT2D eigenvalue weighted by molar-refractivity contribution is 7.99. The van der Waals surface area contributed by atoms with Gasteiger partial charge in [0.2, 0.25) is 0 Å². The molecule has 0 saturated heterocycles. The molecule has 0 aliphatic carbocycles. The van der Waals surface area contributed by atoms with Gasteiger partial charge in [-0.3, -0.25) is 0 Å². The highest BCUT2D eigenvalue weighted by atomic mass is 32.2. The molecule has 3 nitrogen and oxygen atoms in total. The molecule has 2 rings (SSSR count). The average Bonchev–Trinajstić information content (AvgIpc) is 2.89. The molecular weight excluding hydrogens is 278 g/mol. The maximum atomic E-state index is 4.41. The minimum absolute atomic E-state index is 0.524. The van der Waals surface area contributed by atoms with Crippen LogP contribution in [0, 0.1) is 6.92 Å². The Bertz CT molecular complexity index is 550. The summed E-state index contributed by atoms with van der Waals surface area (Å²) in [5, 5.41) is 3.60. The second kappa shape index (κ2) is 8.25. The number of rotatable bonds is 8. The summed E-state index contributed by atoms with van der Waals surface area (Å²) in [6.07, 6.45) is 6.03. The number of hydrogen-bond donors (Lipinski definition) is 1. The summed E-state index contributed by atoms with van der Waals surface area (Å²) in [6.45, 7) is 5.37. The first kappa shape index (κ1) is 16.1. The van der Waals surface area contributed by atoms with E-state index in [9.17, 15) is 0 Å². The number of thioether (sulfide) groups is 1. The largest absolute Gasteiger partial charge is 0.338 e. The standard InChI is InChI=1S/C17H25N3S/c1-4-18-15(9-10-17-19-11-12-20(17)3)13-21-16-8-6-5-7-14(16)2/h5-8,11-12,15,18H,4,9-10,13H2,1-3H3. The van der Waals surface area contributed by atoms with Crippen molar-refractivity contribution in [2.24, 2.45) is 7.05 Å². The van der Waals surface area contributed by atoms with E-state index in [-0.39, 0.29) is 0 Å². The van der Waals surface area contributed by atoms with Crippen LogP contribution in [-0.2, 0) is 13.5 Å². The van der Waals surface area contributed by atoms with Crippen LogP contribution in [0.25, 0.3) is 0 Å². The lowest BCUT2D eigenvalue weighted by Gasteiger charge is -2.18. The van der Waals surface area contributed by atoms with Crippen molar-refractivity contribution in [3.8, 4) is 0 Å². The fourth-order valence-electron chi connectivity index (χ4n) is 2.38. The molecule has 1 aromatic heterocycles. The number of aromatic nitrogens is 2. The molecule has 1 aromatic carbocycles. The van der Waals surface area contributed by atoms with E-state index in [0.717, 1.165) is 25.1 Å². The van der Waals surface area contributed by atoms with E-state index >= 15 is 0 Å². The zero-order valence-corrected chi connectivity index (χ0v) is 14.0. The normalized spacial score (nSPS) is 12.5. The van der Waals surface area contributed by atoms with Crippen molar-refractivity contribution in [2.75, 3.05) is 12.3 Å². The first-order valence-electron chi connectivity index (χ1n) is 7.58. The Morgan fingerprint density at radius 3 is 2.81 bits per heavy atom. The Hall–Kier alpha value is -1.26. The predicted molar refractivity (Wildman–Crippen MR) is 90.9 cm³/mol. The summed E-state index contributed by atoms with van der Waals surface area (Å²) < 4.78 is 2.11. The van der Waals surface area contributed by atoms with Gasteiger partial charge in [0.05, 0.1) is 0 Å². The van der Waals surface area contributed by atoms with Crippen LogP contribution in [0.15, 0.2) is 41.6 Å². The maximum absolute atomic E-state index is 4.41. The molecule has 4 heteroatoms. The van der Waals surface area contributed by atoms with Gasteiger partial charge in [-0.05, 0) is 31.5 Å². The van der Waals surface area contributed by atoms with Gasteiger partial charge < -0.3 is 9.88 Å². The molecule has 1 heterocycles. The van der Waals surface area contributed by atoms with Crippen molar-refractivity contribution >= 4 is 11.8 Å². The fraction of sp³-hybridized carbons (Fsp3) is 0.471. The van der Waals surface area contributed by atoms with E-state index in [2.05, 4.69) is 60.0 Å². The van der Waals surface area contributed by atoms with Gasteiger partial charge >= 0.3 is 0 Å². The summed E-state index contributed by atoms with van der Waals surface area (Å²) in [7, 11) is 2.06. The van der Waals surface area contributed by atoms with Gasteiger partial charge in [0.25, 0.3) is 0 Å². The van der Waals surface area contributed by atoms with E-state index in [0.29, 0.717) is 6.04 Å². The molecule has 1 unspecified atom stereocenters. The third-order valence-corrected chi connectivity index (χ3v) is 5.00. The van der Waals surface area contributed by atoms with E-state index in [1.807, 2.05) is 24.2 Å². The zero-order valence-electron chi connectivity index (χ0n) is 13.2. The van der Waals surface area contributed by atoms with Gasteiger partial charge in [-0.15, -0.1) is 11.8 Å². The second-order valence-corrected chi connectivity index (χ2v) is 6.39. The first-order valence-corrected chi connectivity index (χ1v) is 8.57. The maximum Gasteiger partial charge on any atom is 0.108 e. The van der Waals surface area contributed by atoms with Crippen molar-refractivity contribution in [1.82, 2.24) is 14.9 Å². The molecule has 0 spiro atoms. The zero-order chi connectivity index (χ0) is 15.1. The van der Waals surface area contributed by atoms with Crippen LogP contribution in [0.3, 0.4) is 0 Å². The Labute approximate surface area is 132 Å². The van der Waals surface area contributed by atoms with Crippen LogP contribution in [0.4, 0.5) is 0 Å². The van der Waals surface area contributed by atoms with Crippen molar-refractivity contribution in [2.45, 2.75) is 37.6 Å². The van der Waals surface area contributed by atoms with Crippen molar-refractivity contribution in [3.05, 3.63) is 48.0 Å². The molecule has 0 saturated carbocycles. The lowest BCUT2D eigenvalue weighted by atomic mass is 10.1. The van der Waals surface area contributed by atoms with Crippen LogP contribution in [-0.4, -0.2) is 27.9 Å². The van der Waals surface area contributed by atoms with Crippen molar-refractivity contribution in [3.63, 3.8) is 0 Å². The van der Waals surface area contributed by atoms with E-state index in [1.54, 1.807) is 0 Å². The monoisotopic (exact) mass is 303 g/mol. The molecule has 21 heavy (non-hydrogen) atoms. The summed E-state index contributed by atoms with van der Waals surface area (Å²) in [5.41, 5.74) is 1.36. The highest BCUT2D eigenvalue weighted by Gasteiger charge is 2.10. The topological polar surface area (TPSA) is 29.9 Å². The van der Waals surface area contributed by atoms with E-state index in [1.165, 1.54) is 16.3 Å². The number of aryl methyl sites for hydroxylation is 3.